The quantitative estimate of drug-likeness (QED) is 0.345. The third kappa shape index (κ3) is 2.98. The molecule has 0 radical (unpaired) electrons. The average molecular weight is 415 g/mol. The zero-order valence-electron chi connectivity index (χ0n) is 16.1. The van der Waals surface area contributed by atoms with Crippen molar-refractivity contribution in [2.75, 3.05) is 12.4 Å². The van der Waals surface area contributed by atoms with Gasteiger partial charge in [0.05, 0.1) is 12.5 Å². The van der Waals surface area contributed by atoms with Crippen molar-refractivity contribution in [2.45, 2.75) is 49.8 Å². The smallest absolute Gasteiger partial charge is 0.251 e. The van der Waals surface area contributed by atoms with Gasteiger partial charge in [-0.3, -0.25) is 9.36 Å². The molecule has 1 amide bonds. The Balaban J connectivity index is 1.58. The van der Waals surface area contributed by atoms with Crippen molar-refractivity contribution in [1.82, 2.24) is 40.2 Å². The van der Waals surface area contributed by atoms with Gasteiger partial charge in [-0.25, -0.2) is 15.0 Å². The van der Waals surface area contributed by atoms with Crippen molar-refractivity contribution in [3.63, 3.8) is 0 Å². The SMILES string of the molecule is CNC(=O)[C@H]1O[C@@H](n2cnc3c(NC4CCC4)nc(-c4cn[nH]n4)nc32)[C@H](O)[C@@H]1O. The van der Waals surface area contributed by atoms with Crippen molar-refractivity contribution in [2.24, 2.45) is 0 Å². The van der Waals surface area contributed by atoms with Crippen molar-refractivity contribution >= 4 is 22.9 Å². The van der Waals surface area contributed by atoms with Gasteiger partial charge in [-0.1, -0.05) is 0 Å². The van der Waals surface area contributed by atoms with E-state index < -0.39 is 30.4 Å². The number of aliphatic hydroxyl groups is 2. The number of ether oxygens (including phenoxy) is 1. The number of H-pyrrole nitrogens is 1. The summed E-state index contributed by atoms with van der Waals surface area (Å²) in [6.07, 6.45) is 1.17. The lowest BCUT2D eigenvalue weighted by atomic mass is 9.93. The summed E-state index contributed by atoms with van der Waals surface area (Å²) in [7, 11) is 1.43. The number of nitrogens with zero attached hydrogens (tertiary/aromatic N) is 6. The molecule has 1 saturated heterocycles. The number of likely N-dealkylation sites (N-methyl/N-ethyl adjacent to an activating group) is 1. The molecule has 3 aromatic rings. The van der Waals surface area contributed by atoms with Gasteiger partial charge in [-0.15, -0.1) is 0 Å². The molecular weight excluding hydrogens is 394 g/mol. The van der Waals surface area contributed by atoms with E-state index in [1.807, 2.05) is 0 Å². The van der Waals surface area contributed by atoms with Gasteiger partial charge in [-0.2, -0.15) is 15.4 Å². The summed E-state index contributed by atoms with van der Waals surface area (Å²) in [5.74, 6) is 0.326. The average Bonchev–Trinajstić information content (AvgIpc) is 3.45. The second kappa shape index (κ2) is 7.27. The van der Waals surface area contributed by atoms with Crippen LogP contribution in [0.25, 0.3) is 22.7 Å². The van der Waals surface area contributed by atoms with Gasteiger partial charge in [0.25, 0.3) is 5.91 Å². The largest absolute Gasteiger partial charge is 0.387 e. The van der Waals surface area contributed by atoms with Gasteiger partial charge >= 0.3 is 0 Å². The number of hydrogen-bond acceptors (Lipinski definition) is 10. The lowest BCUT2D eigenvalue weighted by Crippen LogP contribution is -2.41. The number of aromatic amines is 1. The van der Waals surface area contributed by atoms with Gasteiger partial charge in [0.2, 0.25) is 0 Å². The highest BCUT2D eigenvalue weighted by Crippen LogP contribution is 2.34. The molecule has 5 rings (SSSR count). The monoisotopic (exact) mass is 415 g/mol. The highest BCUT2D eigenvalue weighted by molar-refractivity contribution is 5.85. The Morgan fingerprint density at radius 1 is 1.30 bits per heavy atom. The number of carbonyl (C=O) groups is 1. The molecule has 2 aliphatic rings. The molecule has 5 N–H and O–H groups in total. The third-order valence-electron chi connectivity index (χ3n) is 5.53. The van der Waals surface area contributed by atoms with E-state index in [4.69, 9.17) is 4.74 Å². The minimum atomic E-state index is -1.39. The van der Waals surface area contributed by atoms with Gasteiger partial charge in [0.15, 0.2) is 35.1 Å². The summed E-state index contributed by atoms with van der Waals surface area (Å²) in [5, 5.41) is 37.0. The fraction of sp³-hybridized carbons (Fsp3) is 0.529. The lowest BCUT2D eigenvalue weighted by molar-refractivity contribution is -0.137. The number of anilines is 1. The van der Waals surface area contributed by atoms with Crippen LogP contribution in [0.3, 0.4) is 0 Å². The maximum Gasteiger partial charge on any atom is 0.251 e. The van der Waals surface area contributed by atoms with Crippen LogP contribution in [0.2, 0.25) is 0 Å². The van der Waals surface area contributed by atoms with Crippen LogP contribution < -0.4 is 10.6 Å². The molecule has 1 saturated carbocycles. The molecule has 30 heavy (non-hydrogen) atoms. The molecule has 1 aliphatic heterocycles. The normalized spacial score (nSPS) is 26.6. The minimum Gasteiger partial charge on any atom is -0.387 e. The van der Waals surface area contributed by atoms with E-state index in [-0.39, 0.29) is 0 Å². The molecule has 4 heterocycles. The molecule has 0 spiro atoms. The van der Waals surface area contributed by atoms with Crippen LogP contribution in [0.15, 0.2) is 12.5 Å². The van der Waals surface area contributed by atoms with Crippen molar-refractivity contribution < 1.29 is 19.7 Å². The highest BCUT2D eigenvalue weighted by atomic mass is 16.6. The maximum absolute atomic E-state index is 12.0. The first-order valence-corrected chi connectivity index (χ1v) is 9.67. The number of hydrogen-bond donors (Lipinski definition) is 5. The van der Waals surface area contributed by atoms with Gasteiger partial charge in [0, 0.05) is 13.1 Å². The maximum atomic E-state index is 12.0. The lowest BCUT2D eigenvalue weighted by Gasteiger charge is -2.27. The highest BCUT2D eigenvalue weighted by Gasteiger charge is 2.47. The van der Waals surface area contributed by atoms with Crippen LogP contribution in [0, 0.1) is 0 Å². The van der Waals surface area contributed by atoms with Gasteiger partial charge < -0.3 is 25.6 Å². The van der Waals surface area contributed by atoms with E-state index in [9.17, 15) is 15.0 Å². The summed E-state index contributed by atoms with van der Waals surface area (Å²) in [6.45, 7) is 0. The number of nitrogens with one attached hydrogen (secondary N) is 3. The Morgan fingerprint density at radius 2 is 2.13 bits per heavy atom. The number of imidazole rings is 1. The molecular formula is C17H21N9O4. The molecule has 4 atom stereocenters. The van der Waals surface area contributed by atoms with E-state index in [0.29, 0.717) is 34.5 Å². The number of carbonyl (C=O) groups excluding carboxylic acids is 1. The second-order valence-corrected chi connectivity index (χ2v) is 7.39. The number of amides is 1. The molecule has 13 nitrogen and oxygen atoms in total. The predicted octanol–water partition coefficient (Wildman–Crippen LogP) is -1.06. The van der Waals surface area contributed by atoms with Crippen molar-refractivity contribution in [1.29, 1.82) is 0 Å². The topological polar surface area (TPSA) is 176 Å². The fourth-order valence-corrected chi connectivity index (χ4v) is 3.62. The van der Waals surface area contributed by atoms with E-state index in [1.54, 1.807) is 0 Å². The minimum absolute atomic E-state index is 0.297. The Bertz CT molecular complexity index is 1060. The fourth-order valence-electron chi connectivity index (χ4n) is 3.62. The molecule has 0 bridgehead atoms. The molecule has 0 aromatic carbocycles. The molecule has 1 aliphatic carbocycles. The number of aliphatic hydroxyl groups excluding tert-OH is 2. The zero-order valence-corrected chi connectivity index (χ0v) is 16.1. The first kappa shape index (κ1) is 18.8. The van der Waals surface area contributed by atoms with Crippen LogP contribution in [0.5, 0.6) is 0 Å². The summed E-state index contributed by atoms with van der Waals surface area (Å²) in [6, 6.07) is 0.297. The summed E-state index contributed by atoms with van der Waals surface area (Å²) < 4.78 is 7.16. The van der Waals surface area contributed by atoms with Crippen LogP contribution in [-0.2, 0) is 9.53 Å². The molecule has 0 unspecified atom stereocenters. The van der Waals surface area contributed by atoms with Crippen molar-refractivity contribution in [3.05, 3.63) is 12.5 Å². The summed E-state index contributed by atoms with van der Waals surface area (Å²) in [4.78, 5) is 25.5. The Hall–Kier alpha value is -3.16. The standard InChI is InChI=1S/C17H21N9O4/c1-18-16(29)12-10(27)11(28)17(30-12)26-6-19-9-14(21-7-3-2-4-7)22-13(23-15(9)26)8-5-20-25-24-8/h5-7,10-12,17,27-28H,2-4H2,1H3,(H,18,29)(H,20,24,25)(H,21,22,23)/t10-,11+,12-,17+/m0/s1. The molecule has 13 heteroatoms. The molecule has 3 aromatic heterocycles. The zero-order chi connectivity index (χ0) is 20.8. The molecule has 2 fully saturated rings. The number of rotatable bonds is 5. The summed E-state index contributed by atoms with van der Waals surface area (Å²) >= 11 is 0. The summed E-state index contributed by atoms with van der Waals surface area (Å²) in [5.41, 5.74) is 1.30. The Kier molecular flexibility index (Phi) is 4.56. The van der Waals surface area contributed by atoms with Crippen LogP contribution in [0.1, 0.15) is 25.5 Å². The Morgan fingerprint density at radius 3 is 2.80 bits per heavy atom. The predicted molar refractivity (Wildman–Crippen MR) is 102 cm³/mol. The van der Waals surface area contributed by atoms with Crippen LogP contribution in [-0.4, -0.2) is 82.5 Å². The van der Waals surface area contributed by atoms with Crippen molar-refractivity contribution in [3.8, 4) is 11.5 Å². The number of aromatic nitrogens is 7. The first-order valence-electron chi connectivity index (χ1n) is 9.67. The van der Waals surface area contributed by atoms with Gasteiger partial charge in [0.1, 0.15) is 17.9 Å². The van der Waals surface area contributed by atoms with Crippen LogP contribution >= 0.6 is 0 Å². The number of fused-ring (bicyclic) bond motifs is 1. The van der Waals surface area contributed by atoms with E-state index in [0.717, 1.165) is 19.3 Å². The second-order valence-electron chi connectivity index (χ2n) is 7.39. The van der Waals surface area contributed by atoms with Gasteiger partial charge in [-0.05, 0) is 19.3 Å². The Labute approximate surface area is 169 Å². The van der Waals surface area contributed by atoms with Crippen LogP contribution in [0.4, 0.5) is 5.82 Å². The first-order chi connectivity index (χ1) is 14.6. The van der Waals surface area contributed by atoms with E-state index in [2.05, 4.69) is 41.0 Å². The molecule has 158 valence electrons. The third-order valence-corrected chi connectivity index (χ3v) is 5.53. The van der Waals surface area contributed by atoms with E-state index in [1.165, 1.54) is 24.1 Å². The van der Waals surface area contributed by atoms with E-state index >= 15 is 0 Å².